The molecule has 1 aliphatic heterocycles. The molecule has 0 radical (unpaired) electrons. The number of anilines is 1. The highest BCUT2D eigenvalue weighted by Crippen LogP contribution is 2.19. The quantitative estimate of drug-likeness (QED) is 0.865. The van der Waals surface area contributed by atoms with E-state index in [1.165, 1.54) is 25.3 Å². The molecule has 0 amide bonds. The highest BCUT2D eigenvalue weighted by atomic mass is 19.1. The summed E-state index contributed by atoms with van der Waals surface area (Å²) in [6.45, 7) is 2.17. The van der Waals surface area contributed by atoms with E-state index in [4.69, 9.17) is 4.74 Å². The second-order valence-electron chi connectivity index (χ2n) is 5.14. The largest absolute Gasteiger partial charge is 0.472 e. The van der Waals surface area contributed by atoms with Gasteiger partial charge in [-0.05, 0) is 25.3 Å². The average molecular weight is 287 g/mol. The first kappa shape index (κ1) is 13.8. The molecule has 110 valence electrons. The van der Waals surface area contributed by atoms with Crippen LogP contribution in [0.5, 0.6) is 5.88 Å². The molecule has 0 aliphatic carbocycles. The van der Waals surface area contributed by atoms with Gasteiger partial charge in [-0.2, -0.15) is 4.98 Å². The van der Waals surface area contributed by atoms with Gasteiger partial charge in [0.15, 0.2) is 5.82 Å². The van der Waals surface area contributed by atoms with Crippen LogP contribution < -0.4 is 9.64 Å². The second kappa shape index (κ2) is 6.52. The van der Waals surface area contributed by atoms with Crippen molar-refractivity contribution >= 4 is 5.82 Å². The monoisotopic (exact) mass is 287 g/mol. The number of ether oxygens (including phenoxy) is 1. The molecule has 0 spiro atoms. The lowest BCUT2D eigenvalue weighted by atomic mass is 10.1. The molecule has 1 fully saturated rings. The Balaban J connectivity index is 1.67. The van der Waals surface area contributed by atoms with E-state index in [0.717, 1.165) is 18.9 Å². The fourth-order valence-corrected chi connectivity index (χ4v) is 2.45. The van der Waals surface area contributed by atoms with E-state index < -0.39 is 0 Å². The van der Waals surface area contributed by atoms with Crippen LogP contribution in [0.1, 0.15) is 24.8 Å². The Kier molecular flexibility index (Phi) is 4.28. The number of hydrogen-bond acceptors (Lipinski definition) is 4. The zero-order chi connectivity index (χ0) is 14.5. The van der Waals surface area contributed by atoms with Gasteiger partial charge < -0.3 is 9.64 Å². The van der Waals surface area contributed by atoms with Crippen molar-refractivity contribution in [3.63, 3.8) is 0 Å². The first-order chi connectivity index (χ1) is 10.3. The molecule has 21 heavy (non-hydrogen) atoms. The predicted molar refractivity (Wildman–Crippen MR) is 78.8 cm³/mol. The molecule has 1 aromatic heterocycles. The van der Waals surface area contributed by atoms with E-state index in [1.54, 1.807) is 30.6 Å². The van der Waals surface area contributed by atoms with Crippen LogP contribution in [0.2, 0.25) is 0 Å². The summed E-state index contributed by atoms with van der Waals surface area (Å²) in [6.07, 6.45) is 6.95. The minimum Gasteiger partial charge on any atom is -0.472 e. The van der Waals surface area contributed by atoms with Crippen molar-refractivity contribution < 1.29 is 9.13 Å². The van der Waals surface area contributed by atoms with Crippen LogP contribution in [0.15, 0.2) is 36.7 Å². The van der Waals surface area contributed by atoms with Gasteiger partial charge in [0.25, 0.3) is 0 Å². The molecule has 3 rings (SSSR count). The molecular weight excluding hydrogens is 269 g/mol. The van der Waals surface area contributed by atoms with Gasteiger partial charge >= 0.3 is 0 Å². The summed E-state index contributed by atoms with van der Waals surface area (Å²) < 4.78 is 19.1. The Hall–Kier alpha value is -2.17. The van der Waals surface area contributed by atoms with Gasteiger partial charge in [-0.25, -0.2) is 4.39 Å². The Morgan fingerprint density at radius 2 is 1.90 bits per heavy atom. The van der Waals surface area contributed by atoms with Crippen molar-refractivity contribution in [1.82, 2.24) is 9.97 Å². The zero-order valence-corrected chi connectivity index (χ0v) is 11.8. The molecular formula is C16H18FN3O. The molecule has 2 aromatic rings. The molecule has 0 unspecified atom stereocenters. The molecule has 1 saturated heterocycles. The number of piperidine rings is 1. The molecule has 2 heterocycles. The fourth-order valence-electron chi connectivity index (χ4n) is 2.45. The van der Waals surface area contributed by atoms with E-state index >= 15 is 0 Å². The van der Waals surface area contributed by atoms with Crippen molar-refractivity contribution in [2.24, 2.45) is 0 Å². The van der Waals surface area contributed by atoms with Gasteiger partial charge in [-0.15, -0.1) is 0 Å². The van der Waals surface area contributed by atoms with Gasteiger partial charge in [0.2, 0.25) is 5.88 Å². The lowest BCUT2D eigenvalue weighted by molar-refractivity contribution is 0.286. The van der Waals surface area contributed by atoms with Gasteiger partial charge in [0.05, 0.1) is 12.4 Å². The van der Waals surface area contributed by atoms with E-state index in [0.29, 0.717) is 11.4 Å². The average Bonchev–Trinajstić information content (AvgIpc) is 2.55. The van der Waals surface area contributed by atoms with Crippen LogP contribution >= 0.6 is 0 Å². The first-order valence-electron chi connectivity index (χ1n) is 7.26. The minimum atomic E-state index is -0.266. The summed E-state index contributed by atoms with van der Waals surface area (Å²) >= 11 is 0. The van der Waals surface area contributed by atoms with Crippen LogP contribution in [-0.4, -0.2) is 23.1 Å². The highest BCUT2D eigenvalue weighted by molar-refractivity contribution is 5.37. The van der Waals surface area contributed by atoms with Gasteiger partial charge in [0, 0.05) is 18.7 Å². The van der Waals surface area contributed by atoms with Crippen molar-refractivity contribution in [1.29, 1.82) is 0 Å². The third kappa shape index (κ3) is 3.48. The maximum absolute atomic E-state index is 13.5. The number of halogens is 1. The normalized spacial score (nSPS) is 15.0. The first-order valence-corrected chi connectivity index (χ1v) is 7.26. The molecule has 5 heteroatoms. The summed E-state index contributed by atoms with van der Waals surface area (Å²) in [5, 5.41) is 0. The Morgan fingerprint density at radius 1 is 1.10 bits per heavy atom. The van der Waals surface area contributed by atoms with Crippen LogP contribution in [0.4, 0.5) is 10.2 Å². The highest BCUT2D eigenvalue weighted by Gasteiger charge is 2.13. The standard InChI is InChI=1S/C16H18FN3O/c17-14-7-3-2-6-13(14)12-21-16-11-18-10-15(19-16)20-8-4-1-5-9-20/h2-3,6-7,10-11H,1,4-5,8-9,12H2. The van der Waals surface area contributed by atoms with Crippen LogP contribution in [-0.2, 0) is 6.61 Å². The summed E-state index contributed by atoms with van der Waals surface area (Å²) in [5.74, 6) is 1.000. The Labute approximate surface area is 123 Å². The molecule has 0 atom stereocenters. The van der Waals surface area contributed by atoms with Crippen molar-refractivity contribution in [3.8, 4) is 5.88 Å². The van der Waals surface area contributed by atoms with Gasteiger partial charge in [-0.1, -0.05) is 18.2 Å². The summed E-state index contributed by atoms with van der Waals surface area (Å²) in [7, 11) is 0. The number of rotatable bonds is 4. The zero-order valence-electron chi connectivity index (χ0n) is 11.8. The van der Waals surface area contributed by atoms with E-state index in [1.807, 2.05) is 0 Å². The summed E-state index contributed by atoms with van der Waals surface area (Å²) in [6, 6.07) is 6.58. The molecule has 0 saturated carbocycles. The molecule has 0 N–H and O–H groups in total. The maximum Gasteiger partial charge on any atom is 0.234 e. The van der Waals surface area contributed by atoms with Crippen molar-refractivity contribution in [3.05, 3.63) is 48.0 Å². The maximum atomic E-state index is 13.5. The summed E-state index contributed by atoms with van der Waals surface area (Å²) in [5.41, 5.74) is 0.516. The third-order valence-corrected chi connectivity index (χ3v) is 3.61. The van der Waals surface area contributed by atoms with E-state index in [2.05, 4.69) is 14.9 Å². The van der Waals surface area contributed by atoms with Gasteiger partial charge in [-0.3, -0.25) is 4.98 Å². The van der Waals surface area contributed by atoms with Gasteiger partial charge in [0.1, 0.15) is 12.4 Å². The molecule has 1 aromatic carbocycles. The number of hydrogen-bond donors (Lipinski definition) is 0. The van der Waals surface area contributed by atoms with E-state index in [9.17, 15) is 4.39 Å². The SMILES string of the molecule is Fc1ccccc1COc1cncc(N2CCCCC2)n1. The molecule has 0 bridgehead atoms. The molecule has 4 nitrogen and oxygen atoms in total. The van der Waals surface area contributed by atoms with Crippen LogP contribution in [0.25, 0.3) is 0 Å². The number of aromatic nitrogens is 2. The Bertz CT molecular complexity index is 600. The smallest absolute Gasteiger partial charge is 0.234 e. The van der Waals surface area contributed by atoms with E-state index in [-0.39, 0.29) is 12.4 Å². The number of benzene rings is 1. The fraction of sp³-hybridized carbons (Fsp3) is 0.375. The lowest BCUT2D eigenvalue weighted by Gasteiger charge is -2.27. The number of nitrogens with zero attached hydrogens (tertiary/aromatic N) is 3. The molecule has 1 aliphatic rings. The second-order valence-corrected chi connectivity index (χ2v) is 5.14. The van der Waals surface area contributed by atoms with Crippen LogP contribution in [0, 0.1) is 5.82 Å². The Morgan fingerprint density at radius 3 is 2.71 bits per heavy atom. The van der Waals surface area contributed by atoms with Crippen molar-refractivity contribution in [2.45, 2.75) is 25.9 Å². The van der Waals surface area contributed by atoms with Crippen molar-refractivity contribution in [2.75, 3.05) is 18.0 Å². The minimum absolute atomic E-state index is 0.158. The van der Waals surface area contributed by atoms with Crippen LogP contribution in [0.3, 0.4) is 0 Å². The predicted octanol–water partition coefficient (Wildman–Crippen LogP) is 3.19. The topological polar surface area (TPSA) is 38.2 Å². The summed E-state index contributed by atoms with van der Waals surface area (Å²) in [4.78, 5) is 10.8. The third-order valence-electron chi connectivity index (χ3n) is 3.61. The lowest BCUT2D eigenvalue weighted by Crippen LogP contribution is -2.30.